The summed E-state index contributed by atoms with van der Waals surface area (Å²) in [4.78, 5) is 0.193. The number of fused-ring (bicyclic) bond motifs is 5. The molecule has 0 saturated carbocycles. The van der Waals surface area contributed by atoms with Crippen LogP contribution in [-0.2, 0) is 10.0 Å². The fourth-order valence-electron chi connectivity index (χ4n) is 4.27. The van der Waals surface area contributed by atoms with Crippen molar-refractivity contribution in [3.8, 4) is 23.0 Å². The number of hydrogen-bond donors (Lipinski definition) is 1. The summed E-state index contributed by atoms with van der Waals surface area (Å²) in [5.41, 5.74) is 2.21. The molecule has 0 bridgehead atoms. The first-order chi connectivity index (χ1) is 16.4. The van der Waals surface area contributed by atoms with Gasteiger partial charge in [-0.05, 0) is 36.2 Å². The Morgan fingerprint density at radius 3 is 2.59 bits per heavy atom. The Kier molecular flexibility index (Phi) is 5.77. The minimum Gasteiger partial charge on any atom is -0.497 e. The predicted octanol–water partition coefficient (Wildman–Crippen LogP) is 5.14. The van der Waals surface area contributed by atoms with Gasteiger partial charge in [-0.1, -0.05) is 32.0 Å². The summed E-state index contributed by atoms with van der Waals surface area (Å²) in [7, 11) is -2.14. The van der Waals surface area contributed by atoms with Crippen LogP contribution in [0, 0.1) is 5.92 Å². The van der Waals surface area contributed by atoms with Gasteiger partial charge in [0.2, 0.25) is 0 Å². The molecule has 3 aromatic rings. The Hall–Kier alpha value is -3.39. The van der Waals surface area contributed by atoms with E-state index < -0.39 is 10.0 Å². The van der Waals surface area contributed by atoms with Crippen molar-refractivity contribution in [2.45, 2.75) is 30.8 Å². The zero-order valence-electron chi connectivity index (χ0n) is 19.3. The van der Waals surface area contributed by atoms with Crippen LogP contribution in [0.15, 0.2) is 65.6 Å². The lowest BCUT2D eigenvalue weighted by Crippen LogP contribution is -2.23. The molecule has 2 atom stereocenters. The Morgan fingerprint density at radius 2 is 1.85 bits per heavy atom. The molecule has 34 heavy (non-hydrogen) atoms. The standard InChI is InChI=1S/C26H27NO6S/c1-16(2)14-31-24-12-17(27-34(28,29)19-7-5-4-6-8-19)11-21-22-15-32-23-13-18(30-3)9-10-20(23)25(22)33-26(21)24/h4-13,16,22,25,27H,14-15H2,1-3H3. The van der Waals surface area contributed by atoms with E-state index >= 15 is 0 Å². The zero-order valence-corrected chi connectivity index (χ0v) is 20.1. The molecule has 2 heterocycles. The van der Waals surface area contributed by atoms with Crippen molar-refractivity contribution in [1.29, 1.82) is 0 Å². The molecule has 0 fully saturated rings. The van der Waals surface area contributed by atoms with E-state index in [2.05, 4.69) is 18.6 Å². The molecule has 178 valence electrons. The predicted molar refractivity (Wildman–Crippen MR) is 129 cm³/mol. The molecule has 0 spiro atoms. The summed E-state index contributed by atoms with van der Waals surface area (Å²) >= 11 is 0. The fraction of sp³-hybridized carbons (Fsp3) is 0.308. The van der Waals surface area contributed by atoms with Crippen molar-refractivity contribution in [2.75, 3.05) is 25.0 Å². The third-order valence-electron chi connectivity index (χ3n) is 5.92. The van der Waals surface area contributed by atoms with Crippen molar-refractivity contribution in [1.82, 2.24) is 0 Å². The van der Waals surface area contributed by atoms with Crippen LogP contribution in [0.2, 0.25) is 0 Å². The van der Waals surface area contributed by atoms with E-state index in [0.717, 1.165) is 16.9 Å². The zero-order chi connectivity index (χ0) is 23.9. The Bertz CT molecular complexity index is 1310. The Labute approximate surface area is 199 Å². The lowest BCUT2D eigenvalue weighted by atomic mass is 9.89. The van der Waals surface area contributed by atoms with Crippen LogP contribution < -0.4 is 23.7 Å². The minimum atomic E-state index is -3.76. The number of sulfonamides is 1. The molecule has 1 N–H and O–H groups in total. The van der Waals surface area contributed by atoms with E-state index in [0.29, 0.717) is 42.1 Å². The summed E-state index contributed by atoms with van der Waals surface area (Å²) in [6, 6.07) is 17.5. The van der Waals surface area contributed by atoms with Crippen molar-refractivity contribution < 1.29 is 27.4 Å². The van der Waals surface area contributed by atoms with Crippen LogP contribution in [-0.4, -0.2) is 28.7 Å². The highest BCUT2D eigenvalue weighted by Crippen LogP contribution is 2.55. The second kappa shape index (κ2) is 8.76. The Balaban J connectivity index is 1.53. The van der Waals surface area contributed by atoms with E-state index in [-0.39, 0.29) is 16.9 Å². The normalized spacial score (nSPS) is 18.2. The summed E-state index contributed by atoms with van der Waals surface area (Å²) in [5.74, 6) is 2.78. The number of hydrogen-bond acceptors (Lipinski definition) is 6. The van der Waals surface area contributed by atoms with Gasteiger partial charge in [-0.25, -0.2) is 8.42 Å². The topological polar surface area (TPSA) is 83.1 Å². The molecule has 0 saturated heterocycles. The molecule has 2 unspecified atom stereocenters. The number of rotatable bonds is 7. The SMILES string of the molecule is COc1ccc2c(c1)OCC1c3cc(NS(=O)(=O)c4ccccc4)cc(OCC(C)C)c3OC21. The third kappa shape index (κ3) is 4.14. The number of benzene rings is 3. The summed E-state index contributed by atoms with van der Waals surface area (Å²) in [6.07, 6.45) is -0.257. The van der Waals surface area contributed by atoms with Gasteiger partial charge < -0.3 is 18.9 Å². The monoisotopic (exact) mass is 481 g/mol. The Morgan fingerprint density at radius 1 is 1.06 bits per heavy atom. The maximum Gasteiger partial charge on any atom is 0.261 e. The molecule has 7 nitrogen and oxygen atoms in total. The van der Waals surface area contributed by atoms with Crippen molar-refractivity contribution in [3.63, 3.8) is 0 Å². The van der Waals surface area contributed by atoms with Gasteiger partial charge in [-0.2, -0.15) is 0 Å². The molecule has 2 aliphatic rings. The minimum absolute atomic E-state index is 0.0986. The van der Waals surface area contributed by atoms with E-state index in [1.165, 1.54) is 0 Å². The molecule has 0 radical (unpaired) electrons. The van der Waals surface area contributed by atoms with Gasteiger partial charge in [-0.15, -0.1) is 0 Å². The molecule has 0 aromatic heterocycles. The molecule has 5 rings (SSSR count). The first kappa shape index (κ1) is 22.4. The lowest BCUT2D eigenvalue weighted by Gasteiger charge is -2.28. The first-order valence-corrected chi connectivity index (χ1v) is 12.7. The van der Waals surface area contributed by atoms with Crippen LogP contribution >= 0.6 is 0 Å². The van der Waals surface area contributed by atoms with Gasteiger partial charge in [-0.3, -0.25) is 4.72 Å². The maximum atomic E-state index is 13.0. The van der Waals surface area contributed by atoms with Gasteiger partial charge >= 0.3 is 0 Å². The molecular weight excluding hydrogens is 454 g/mol. The van der Waals surface area contributed by atoms with Crippen molar-refractivity contribution in [2.24, 2.45) is 5.92 Å². The van der Waals surface area contributed by atoms with Gasteiger partial charge in [0.15, 0.2) is 11.5 Å². The summed E-state index contributed by atoms with van der Waals surface area (Å²) < 4.78 is 52.5. The van der Waals surface area contributed by atoms with Crippen LogP contribution in [0.4, 0.5) is 5.69 Å². The number of anilines is 1. The molecule has 8 heteroatoms. The van der Waals surface area contributed by atoms with Crippen LogP contribution in [0.5, 0.6) is 23.0 Å². The van der Waals surface area contributed by atoms with Gasteiger partial charge in [0.25, 0.3) is 10.0 Å². The molecule has 2 aliphatic heterocycles. The van der Waals surface area contributed by atoms with E-state index in [4.69, 9.17) is 18.9 Å². The van der Waals surface area contributed by atoms with Crippen LogP contribution in [0.3, 0.4) is 0 Å². The molecule has 0 aliphatic carbocycles. The first-order valence-electron chi connectivity index (χ1n) is 11.2. The fourth-order valence-corrected chi connectivity index (χ4v) is 5.33. The van der Waals surface area contributed by atoms with Gasteiger partial charge in [0, 0.05) is 23.3 Å². The van der Waals surface area contributed by atoms with Crippen LogP contribution in [0.1, 0.15) is 37.0 Å². The number of ether oxygens (including phenoxy) is 4. The maximum absolute atomic E-state index is 13.0. The number of nitrogens with one attached hydrogen (secondary N) is 1. The lowest BCUT2D eigenvalue weighted by molar-refractivity contribution is 0.135. The average molecular weight is 482 g/mol. The molecule has 3 aromatic carbocycles. The van der Waals surface area contributed by atoms with E-state index in [1.807, 2.05) is 24.3 Å². The van der Waals surface area contributed by atoms with Gasteiger partial charge in [0.1, 0.15) is 17.6 Å². The average Bonchev–Trinajstić information content (AvgIpc) is 3.21. The highest BCUT2D eigenvalue weighted by molar-refractivity contribution is 7.92. The van der Waals surface area contributed by atoms with Crippen molar-refractivity contribution in [3.05, 3.63) is 71.8 Å². The van der Waals surface area contributed by atoms with Crippen LogP contribution in [0.25, 0.3) is 0 Å². The van der Waals surface area contributed by atoms with E-state index in [9.17, 15) is 8.42 Å². The summed E-state index contributed by atoms with van der Waals surface area (Å²) in [6.45, 7) is 4.99. The number of methoxy groups -OCH3 is 1. The van der Waals surface area contributed by atoms with Gasteiger partial charge in [0.05, 0.1) is 36.8 Å². The third-order valence-corrected chi connectivity index (χ3v) is 7.31. The summed E-state index contributed by atoms with van der Waals surface area (Å²) in [5, 5.41) is 0. The largest absolute Gasteiger partial charge is 0.497 e. The highest BCUT2D eigenvalue weighted by Gasteiger charge is 2.43. The molecular formula is C26H27NO6S. The van der Waals surface area contributed by atoms with E-state index in [1.54, 1.807) is 43.5 Å². The second-order valence-corrected chi connectivity index (χ2v) is 10.6. The van der Waals surface area contributed by atoms with Crippen molar-refractivity contribution >= 4 is 15.7 Å². The second-order valence-electron chi connectivity index (χ2n) is 8.88. The highest BCUT2D eigenvalue weighted by atomic mass is 32.2. The smallest absolute Gasteiger partial charge is 0.261 e. The quantitative estimate of drug-likeness (QED) is 0.503. The molecule has 0 amide bonds.